The average molecular weight is 274 g/mol. The van der Waals surface area contributed by atoms with E-state index in [4.69, 9.17) is 4.74 Å². The summed E-state index contributed by atoms with van der Waals surface area (Å²) in [7, 11) is 0. The van der Waals surface area contributed by atoms with Gasteiger partial charge in [-0.15, -0.1) is 0 Å². The van der Waals surface area contributed by atoms with Gasteiger partial charge in [0.25, 0.3) is 0 Å². The maximum atomic E-state index is 6.14. The van der Waals surface area contributed by atoms with Crippen LogP contribution in [0.25, 0.3) is 0 Å². The molecule has 0 N–H and O–H groups in total. The van der Waals surface area contributed by atoms with Gasteiger partial charge < -0.3 is 9.64 Å². The highest BCUT2D eigenvalue weighted by molar-refractivity contribution is 5.46. The summed E-state index contributed by atoms with van der Waals surface area (Å²) in [5, 5.41) is 0. The van der Waals surface area contributed by atoms with Crippen molar-refractivity contribution in [2.24, 2.45) is 5.92 Å². The Morgan fingerprint density at radius 3 is 2.65 bits per heavy atom. The number of rotatable bonds is 4. The van der Waals surface area contributed by atoms with Crippen molar-refractivity contribution in [3.63, 3.8) is 0 Å². The number of nitrogens with zero attached hydrogens (tertiary/aromatic N) is 2. The number of aryl methyl sites for hydroxylation is 1. The molecule has 110 valence electrons. The monoisotopic (exact) mass is 274 g/mol. The van der Waals surface area contributed by atoms with Crippen LogP contribution < -0.4 is 4.90 Å². The lowest BCUT2D eigenvalue weighted by Crippen LogP contribution is -2.37. The van der Waals surface area contributed by atoms with Crippen LogP contribution >= 0.6 is 0 Å². The first-order chi connectivity index (χ1) is 9.81. The second kappa shape index (κ2) is 6.57. The number of hydrogen-bond acceptors (Lipinski definition) is 3. The van der Waals surface area contributed by atoms with E-state index in [0.29, 0.717) is 6.10 Å². The second-order valence-electron chi connectivity index (χ2n) is 6.33. The standard InChI is InChI=1S/C17H26N2O/c1-14-12-16(6-9-18-14)19-10-7-17(8-11-19)20-13-15-4-2-3-5-15/h6,9,12,15,17H,2-5,7-8,10-11,13H2,1H3. The van der Waals surface area contributed by atoms with Gasteiger partial charge in [-0.05, 0) is 50.7 Å². The first-order valence-electron chi connectivity index (χ1n) is 8.10. The van der Waals surface area contributed by atoms with Crippen LogP contribution in [0.5, 0.6) is 0 Å². The third kappa shape index (κ3) is 3.51. The Kier molecular flexibility index (Phi) is 4.56. The van der Waals surface area contributed by atoms with Crippen molar-refractivity contribution in [3.8, 4) is 0 Å². The van der Waals surface area contributed by atoms with Gasteiger partial charge in [-0.1, -0.05) is 12.8 Å². The first-order valence-corrected chi connectivity index (χ1v) is 8.10. The van der Waals surface area contributed by atoms with E-state index in [1.165, 1.54) is 31.4 Å². The molecule has 0 aromatic carbocycles. The second-order valence-corrected chi connectivity index (χ2v) is 6.33. The maximum Gasteiger partial charge on any atom is 0.0609 e. The number of ether oxygens (including phenoxy) is 1. The molecule has 2 aliphatic rings. The van der Waals surface area contributed by atoms with Gasteiger partial charge in [-0.3, -0.25) is 4.98 Å². The van der Waals surface area contributed by atoms with Gasteiger partial charge in [-0.2, -0.15) is 0 Å². The quantitative estimate of drug-likeness (QED) is 0.839. The van der Waals surface area contributed by atoms with Gasteiger partial charge >= 0.3 is 0 Å². The van der Waals surface area contributed by atoms with E-state index in [1.807, 2.05) is 6.20 Å². The van der Waals surface area contributed by atoms with Crippen molar-refractivity contribution in [1.29, 1.82) is 0 Å². The average Bonchev–Trinajstić information content (AvgIpc) is 2.99. The third-order valence-corrected chi connectivity index (χ3v) is 4.73. The van der Waals surface area contributed by atoms with Gasteiger partial charge in [-0.25, -0.2) is 0 Å². The Morgan fingerprint density at radius 1 is 1.20 bits per heavy atom. The normalized spacial score (nSPS) is 21.6. The molecular weight excluding hydrogens is 248 g/mol. The SMILES string of the molecule is Cc1cc(N2CCC(OCC3CCCC3)CC2)ccn1. The highest BCUT2D eigenvalue weighted by atomic mass is 16.5. The van der Waals surface area contributed by atoms with Crippen LogP contribution in [0.3, 0.4) is 0 Å². The summed E-state index contributed by atoms with van der Waals surface area (Å²) in [5.74, 6) is 0.843. The van der Waals surface area contributed by atoms with Crippen LogP contribution in [0.4, 0.5) is 5.69 Å². The summed E-state index contributed by atoms with van der Waals surface area (Å²) in [6, 6.07) is 4.30. The van der Waals surface area contributed by atoms with Crippen LogP contribution in [0.2, 0.25) is 0 Å². The van der Waals surface area contributed by atoms with Gasteiger partial charge in [0, 0.05) is 37.3 Å². The van der Waals surface area contributed by atoms with Gasteiger partial charge in [0.15, 0.2) is 0 Å². The summed E-state index contributed by atoms with van der Waals surface area (Å²) >= 11 is 0. The van der Waals surface area contributed by atoms with Crippen molar-refractivity contribution in [2.45, 2.75) is 51.6 Å². The lowest BCUT2D eigenvalue weighted by Gasteiger charge is -2.34. The van der Waals surface area contributed by atoms with Crippen LogP contribution in [0.15, 0.2) is 18.3 Å². The Morgan fingerprint density at radius 2 is 1.95 bits per heavy atom. The predicted molar refractivity (Wildman–Crippen MR) is 82.1 cm³/mol. The number of piperidine rings is 1. The molecule has 1 aromatic rings. The molecule has 1 aliphatic heterocycles. The molecule has 3 nitrogen and oxygen atoms in total. The first kappa shape index (κ1) is 13.9. The minimum Gasteiger partial charge on any atom is -0.378 e. The van der Waals surface area contributed by atoms with E-state index in [-0.39, 0.29) is 0 Å². The number of anilines is 1. The Bertz CT molecular complexity index is 421. The summed E-state index contributed by atoms with van der Waals surface area (Å²) < 4.78 is 6.14. The topological polar surface area (TPSA) is 25.4 Å². The molecule has 0 unspecified atom stereocenters. The van der Waals surface area contributed by atoms with Crippen LogP contribution in [0, 0.1) is 12.8 Å². The molecule has 3 heteroatoms. The van der Waals surface area contributed by atoms with Crippen LogP contribution in [-0.2, 0) is 4.74 Å². The molecule has 2 fully saturated rings. The molecule has 1 saturated carbocycles. The third-order valence-electron chi connectivity index (χ3n) is 4.73. The summed E-state index contributed by atoms with van der Waals surface area (Å²) in [6.07, 6.45) is 10.3. The predicted octanol–water partition coefficient (Wildman–Crippen LogP) is 3.57. The van der Waals surface area contributed by atoms with Crippen LogP contribution in [0.1, 0.15) is 44.2 Å². The van der Waals surface area contributed by atoms with Crippen molar-refractivity contribution in [1.82, 2.24) is 4.98 Å². The van der Waals surface area contributed by atoms with Gasteiger partial charge in [0.05, 0.1) is 6.10 Å². The molecule has 0 atom stereocenters. The maximum absolute atomic E-state index is 6.14. The molecule has 1 saturated heterocycles. The summed E-state index contributed by atoms with van der Waals surface area (Å²) in [4.78, 5) is 6.73. The Labute approximate surface area is 122 Å². The molecular formula is C17H26N2O. The van der Waals surface area contributed by atoms with E-state index in [1.54, 1.807) is 0 Å². The van der Waals surface area contributed by atoms with Gasteiger partial charge in [0.1, 0.15) is 0 Å². The highest BCUT2D eigenvalue weighted by Crippen LogP contribution is 2.27. The van der Waals surface area contributed by atoms with Crippen LogP contribution in [-0.4, -0.2) is 30.8 Å². The minimum absolute atomic E-state index is 0.481. The molecule has 0 radical (unpaired) electrons. The van der Waals surface area contributed by atoms with Gasteiger partial charge in [0.2, 0.25) is 0 Å². The lowest BCUT2D eigenvalue weighted by atomic mass is 10.1. The smallest absolute Gasteiger partial charge is 0.0609 e. The lowest BCUT2D eigenvalue weighted by molar-refractivity contribution is 0.0164. The summed E-state index contributed by atoms with van der Waals surface area (Å²) in [6.45, 7) is 5.28. The van der Waals surface area contributed by atoms with Crippen molar-refractivity contribution >= 4 is 5.69 Å². The van der Waals surface area contributed by atoms with Crippen molar-refractivity contribution in [2.75, 3.05) is 24.6 Å². The Hall–Kier alpha value is -1.09. The van der Waals surface area contributed by atoms with Crippen molar-refractivity contribution in [3.05, 3.63) is 24.0 Å². The fraction of sp³-hybridized carbons (Fsp3) is 0.706. The highest BCUT2D eigenvalue weighted by Gasteiger charge is 2.22. The Balaban J connectivity index is 1.44. The van der Waals surface area contributed by atoms with E-state index >= 15 is 0 Å². The van der Waals surface area contributed by atoms with Crippen molar-refractivity contribution < 1.29 is 4.74 Å². The largest absolute Gasteiger partial charge is 0.378 e. The minimum atomic E-state index is 0.481. The molecule has 1 aliphatic carbocycles. The zero-order valence-corrected chi connectivity index (χ0v) is 12.6. The van der Waals surface area contributed by atoms with E-state index < -0.39 is 0 Å². The zero-order valence-electron chi connectivity index (χ0n) is 12.6. The number of pyridine rings is 1. The fourth-order valence-corrected chi connectivity index (χ4v) is 3.46. The molecule has 0 bridgehead atoms. The number of hydrogen-bond donors (Lipinski definition) is 0. The van der Waals surface area contributed by atoms with E-state index in [9.17, 15) is 0 Å². The molecule has 20 heavy (non-hydrogen) atoms. The summed E-state index contributed by atoms with van der Waals surface area (Å²) in [5.41, 5.74) is 2.41. The molecule has 1 aromatic heterocycles. The van der Waals surface area contributed by atoms with E-state index in [0.717, 1.165) is 44.1 Å². The molecule has 0 amide bonds. The van der Waals surface area contributed by atoms with E-state index in [2.05, 4.69) is 28.9 Å². The molecule has 0 spiro atoms. The fourth-order valence-electron chi connectivity index (χ4n) is 3.46. The number of aromatic nitrogens is 1. The molecule has 2 heterocycles. The zero-order chi connectivity index (χ0) is 13.8. The molecule has 3 rings (SSSR count).